The van der Waals surface area contributed by atoms with Gasteiger partial charge in [-0.15, -0.1) is 0 Å². The fourth-order valence-corrected chi connectivity index (χ4v) is 2.91. The van der Waals surface area contributed by atoms with E-state index in [1.807, 2.05) is 30.3 Å². The fraction of sp³-hybridized carbons (Fsp3) is 0.235. The summed E-state index contributed by atoms with van der Waals surface area (Å²) >= 11 is 3.47. The van der Waals surface area contributed by atoms with Gasteiger partial charge in [0.15, 0.2) is 6.23 Å². The van der Waals surface area contributed by atoms with Crippen molar-refractivity contribution in [3.8, 4) is 0 Å². The van der Waals surface area contributed by atoms with E-state index in [0.29, 0.717) is 24.7 Å². The molecule has 0 radical (unpaired) electrons. The van der Waals surface area contributed by atoms with Crippen LogP contribution in [0.3, 0.4) is 0 Å². The minimum absolute atomic E-state index is 0.560. The molecule has 3 aromatic rings. The van der Waals surface area contributed by atoms with Crippen LogP contribution < -0.4 is 10.8 Å². The number of benzene rings is 2. The quantitative estimate of drug-likeness (QED) is 0.355. The molecule has 0 amide bonds. The number of fused-ring (bicyclic) bond motifs is 1. The summed E-state index contributed by atoms with van der Waals surface area (Å²) in [5.41, 5.74) is 5.08. The van der Waals surface area contributed by atoms with Crippen LogP contribution in [0, 0.1) is 0 Å². The van der Waals surface area contributed by atoms with Gasteiger partial charge in [0.25, 0.3) is 0 Å². The molecular weight excluding hydrogens is 388 g/mol. The van der Waals surface area contributed by atoms with Gasteiger partial charge in [-0.3, -0.25) is 0 Å². The first-order valence-corrected chi connectivity index (χ1v) is 8.51. The molecule has 2 aromatic carbocycles. The third-order valence-electron chi connectivity index (χ3n) is 3.83. The van der Waals surface area contributed by atoms with E-state index in [2.05, 4.69) is 30.8 Å². The molecule has 25 heavy (non-hydrogen) atoms. The Morgan fingerprint density at radius 2 is 2.00 bits per heavy atom. The normalized spacial score (nSPS) is 12.5. The summed E-state index contributed by atoms with van der Waals surface area (Å²) in [6, 6.07) is 13.0. The number of imidazole rings is 1. The molecule has 7 nitrogen and oxygen atoms in total. The van der Waals surface area contributed by atoms with Crippen molar-refractivity contribution < 1.29 is 15.1 Å². The number of hydrogen-bond donors (Lipinski definition) is 4. The Kier molecular flexibility index (Phi) is 5.67. The summed E-state index contributed by atoms with van der Waals surface area (Å²) in [4.78, 5) is 4.66. The van der Waals surface area contributed by atoms with Gasteiger partial charge in [0, 0.05) is 23.8 Å². The van der Waals surface area contributed by atoms with Gasteiger partial charge >= 0.3 is 0 Å². The lowest BCUT2D eigenvalue weighted by Crippen LogP contribution is -2.15. The number of hydrogen-bond acceptors (Lipinski definition) is 6. The molecule has 0 fully saturated rings. The van der Waals surface area contributed by atoms with Crippen molar-refractivity contribution in [2.45, 2.75) is 12.8 Å². The maximum absolute atomic E-state index is 9.56. The first-order valence-electron chi connectivity index (χ1n) is 7.72. The van der Waals surface area contributed by atoms with Gasteiger partial charge in [0.2, 0.25) is 5.95 Å². The second kappa shape index (κ2) is 7.94. The van der Waals surface area contributed by atoms with Crippen LogP contribution in [0.2, 0.25) is 0 Å². The fourth-order valence-electron chi connectivity index (χ4n) is 2.56. The largest absolute Gasteiger partial charge is 0.383 e. The number of nitrogens with one attached hydrogen (secondary N) is 2. The zero-order chi connectivity index (χ0) is 17.8. The topological polar surface area (TPSA) is 91.6 Å². The van der Waals surface area contributed by atoms with E-state index >= 15 is 0 Å². The predicted molar refractivity (Wildman–Crippen MR) is 98.9 cm³/mol. The van der Waals surface area contributed by atoms with Gasteiger partial charge in [-0.2, -0.15) is 5.48 Å². The van der Waals surface area contributed by atoms with E-state index in [4.69, 9.17) is 9.94 Å². The Morgan fingerprint density at radius 3 is 2.68 bits per heavy atom. The second-order valence-corrected chi connectivity index (χ2v) is 6.41. The summed E-state index contributed by atoms with van der Waals surface area (Å²) in [5.74, 6) is 0.707. The number of nitrogens with zero attached hydrogens (tertiary/aromatic N) is 2. The summed E-state index contributed by atoms with van der Waals surface area (Å²) in [6.07, 6.45) is -1.11. The van der Waals surface area contributed by atoms with Crippen molar-refractivity contribution >= 4 is 38.6 Å². The number of methoxy groups -OCH3 is 1. The molecule has 4 N–H and O–H groups in total. The first kappa shape index (κ1) is 17.8. The zero-order valence-electron chi connectivity index (χ0n) is 13.6. The first-order chi connectivity index (χ1) is 12.1. The highest BCUT2D eigenvalue weighted by Gasteiger charge is 2.12. The number of aliphatic hydroxyl groups is 1. The molecule has 0 aliphatic heterocycles. The molecule has 3 rings (SSSR count). The summed E-state index contributed by atoms with van der Waals surface area (Å²) in [7, 11) is 1.67. The van der Waals surface area contributed by atoms with Crippen molar-refractivity contribution in [3.63, 3.8) is 0 Å². The molecule has 0 aliphatic carbocycles. The second-order valence-electron chi connectivity index (χ2n) is 5.49. The molecule has 1 aromatic heterocycles. The van der Waals surface area contributed by atoms with Gasteiger partial charge in [-0.1, -0.05) is 28.1 Å². The van der Waals surface area contributed by atoms with Crippen LogP contribution >= 0.6 is 15.9 Å². The van der Waals surface area contributed by atoms with Gasteiger partial charge in [0.1, 0.15) is 0 Å². The standard InChI is InChI=1S/C17H19BrN4O3/c1-25-9-8-22-15-7-4-12(18)10-14(15)20-17(22)19-13-5-2-11(3-6-13)16(23)21-24/h2-7,10,16,21,23-24H,8-9H2,1H3,(H,19,20). The van der Waals surface area contributed by atoms with Crippen molar-refractivity contribution in [1.82, 2.24) is 15.0 Å². The van der Waals surface area contributed by atoms with Crippen LogP contribution in [-0.2, 0) is 11.3 Å². The number of rotatable bonds is 7. The molecule has 0 bridgehead atoms. The van der Waals surface area contributed by atoms with Crippen molar-refractivity contribution in [1.29, 1.82) is 0 Å². The maximum Gasteiger partial charge on any atom is 0.208 e. The Hall–Kier alpha value is -1.97. The highest BCUT2D eigenvalue weighted by atomic mass is 79.9. The third-order valence-corrected chi connectivity index (χ3v) is 4.33. The van der Waals surface area contributed by atoms with Gasteiger partial charge in [-0.05, 0) is 35.9 Å². The minimum atomic E-state index is -1.11. The maximum atomic E-state index is 9.56. The van der Waals surface area contributed by atoms with E-state index in [-0.39, 0.29) is 0 Å². The van der Waals surface area contributed by atoms with Crippen LogP contribution in [-0.4, -0.2) is 33.6 Å². The number of anilines is 2. The monoisotopic (exact) mass is 406 g/mol. The van der Waals surface area contributed by atoms with E-state index in [0.717, 1.165) is 21.2 Å². The Bertz CT molecular complexity index is 851. The Morgan fingerprint density at radius 1 is 1.24 bits per heavy atom. The van der Waals surface area contributed by atoms with E-state index in [1.54, 1.807) is 24.7 Å². The van der Waals surface area contributed by atoms with Crippen LogP contribution in [0.4, 0.5) is 11.6 Å². The van der Waals surface area contributed by atoms with Crippen LogP contribution in [0.25, 0.3) is 11.0 Å². The molecule has 0 spiro atoms. The third kappa shape index (κ3) is 4.00. The molecule has 0 aliphatic rings. The van der Waals surface area contributed by atoms with E-state index in [9.17, 15) is 5.11 Å². The predicted octanol–water partition coefficient (Wildman–Crippen LogP) is 3.16. The summed E-state index contributed by atoms with van der Waals surface area (Å²) in [6.45, 7) is 1.24. The van der Waals surface area contributed by atoms with Gasteiger partial charge < -0.3 is 24.9 Å². The van der Waals surface area contributed by atoms with Crippen LogP contribution in [0.15, 0.2) is 46.9 Å². The lowest BCUT2D eigenvalue weighted by molar-refractivity contribution is 0.000710. The molecule has 1 heterocycles. The van der Waals surface area contributed by atoms with Crippen molar-refractivity contribution in [2.24, 2.45) is 0 Å². The Balaban J connectivity index is 1.91. The summed E-state index contributed by atoms with van der Waals surface area (Å²) < 4.78 is 8.23. The molecule has 8 heteroatoms. The molecule has 1 unspecified atom stereocenters. The smallest absolute Gasteiger partial charge is 0.208 e. The molecular formula is C17H19BrN4O3. The molecule has 0 saturated heterocycles. The highest BCUT2D eigenvalue weighted by Crippen LogP contribution is 2.26. The van der Waals surface area contributed by atoms with Crippen molar-refractivity contribution in [3.05, 3.63) is 52.5 Å². The highest BCUT2D eigenvalue weighted by molar-refractivity contribution is 9.10. The van der Waals surface area contributed by atoms with E-state index in [1.165, 1.54) is 0 Å². The average Bonchev–Trinajstić information content (AvgIpc) is 2.95. The molecule has 132 valence electrons. The number of hydroxylamine groups is 1. The lowest BCUT2D eigenvalue weighted by atomic mass is 10.2. The van der Waals surface area contributed by atoms with Crippen LogP contribution in [0.1, 0.15) is 11.8 Å². The van der Waals surface area contributed by atoms with Gasteiger partial charge in [0.05, 0.1) is 17.6 Å². The zero-order valence-corrected chi connectivity index (χ0v) is 15.2. The van der Waals surface area contributed by atoms with Crippen molar-refractivity contribution in [2.75, 3.05) is 19.0 Å². The number of aliphatic hydroxyl groups excluding tert-OH is 1. The van der Waals surface area contributed by atoms with E-state index < -0.39 is 6.23 Å². The molecule has 1 atom stereocenters. The number of halogens is 1. The SMILES string of the molecule is COCCn1c(Nc2ccc(C(O)NO)cc2)nc2cc(Br)ccc21. The van der Waals surface area contributed by atoms with Crippen LogP contribution in [0.5, 0.6) is 0 Å². The number of ether oxygens (including phenoxy) is 1. The summed E-state index contributed by atoms with van der Waals surface area (Å²) in [5, 5.41) is 21.6. The number of aromatic nitrogens is 2. The lowest BCUT2D eigenvalue weighted by Gasteiger charge is -2.12. The minimum Gasteiger partial charge on any atom is -0.383 e. The van der Waals surface area contributed by atoms with Gasteiger partial charge in [-0.25, -0.2) is 4.98 Å². The Labute approximate surface area is 153 Å². The average molecular weight is 407 g/mol. The molecule has 0 saturated carbocycles.